The summed E-state index contributed by atoms with van der Waals surface area (Å²) >= 11 is 0. The molecule has 2 rings (SSSR count). The molecule has 0 unspecified atom stereocenters. The maximum absolute atomic E-state index is 12.3. The molecule has 3 amide bonds. The summed E-state index contributed by atoms with van der Waals surface area (Å²) in [5.74, 6) is -1.18. The Morgan fingerprint density at radius 1 is 1.07 bits per heavy atom. The Labute approximate surface area is 177 Å². The fourth-order valence-electron chi connectivity index (χ4n) is 3.10. The number of amides is 3. The molecule has 0 bridgehead atoms. The first kappa shape index (κ1) is 23.5. The van der Waals surface area contributed by atoms with Crippen LogP contribution in [0.25, 0.3) is 0 Å². The van der Waals surface area contributed by atoms with E-state index in [1.54, 1.807) is 36.0 Å². The van der Waals surface area contributed by atoms with E-state index in [0.29, 0.717) is 45.8 Å². The average molecular weight is 421 g/mol. The minimum absolute atomic E-state index is 0.0173. The minimum atomic E-state index is -1.24. The molecule has 1 aromatic rings. The highest BCUT2D eigenvalue weighted by atomic mass is 16.6. The Bertz CT molecular complexity index is 693. The van der Waals surface area contributed by atoms with Gasteiger partial charge in [-0.05, 0) is 18.4 Å². The summed E-state index contributed by atoms with van der Waals surface area (Å²) < 4.78 is 10.4. The molecule has 1 atom stereocenters. The number of ether oxygens (including phenoxy) is 2. The van der Waals surface area contributed by atoms with E-state index in [9.17, 15) is 19.5 Å². The molecule has 9 nitrogen and oxygen atoms in total. The van der Waals surface area contributed by atoms with Crippen molar-refractivity contribution in [2.45, 2.75) is 25.4 Å². The summed E-state index contributed by atoms with van der Waals surface area (Å²) in [5, 5.41) is 9.35. The fraction of sp³-hybridized carbons (Fsp3) is 0.571. The first-order chi connectivity index (χ1) is 14.4. The average Bonchev–Trinajstić information content (AvgIpc) is 2.76. The molecule has 30 heavy (non-hydrogen) atoms. The third-order valence-electron chi connectivity index (χ3n) is 4.94. The third kappa shape index (κ3) is 7.55. The number of benzene rings is 1. The monoisotopic (exact) mass is 421 g/mol. The Morgan fingerprint density at radius 2 is 1.67 bits per heavy atom. The molecule has 0 aromatic heterocycles. The molecule has 1 aliphatic heterocycles. The molecule has 0 spiro atoms. The molecule has 1 aromatic carbocycles. The minimum Gasteiger partial charge on any atom is -0.478 e. The van der Waals surface area contributed by atoms with Gasteiger partial charge in [-0.1, -0.05) is 30.3 Å². The van der Waals surface area contributed by atoms with Crippen LogP contribution in [-0.4, -0.2) is 97.5 Å². The van der Waals surface area contributed by atoms with Crippen LogP contribution in [0.5, 0.6) is 0 Å². The second kappa shape index (κ2) is 12.0. The van der Waals surface area contributed by atoms with Gasteiger partial charge in [0.15, 0.2) is 0 Å². The van der Waals surface area contributed by atoms with Crippen molar-refractivity contribution >= 4 is 18.1 Å². The number of carbonyl (C=O) groups is 3. The van der Waals surface area contributed by atoms with E-state index < -0.39 is 18.2 Å². The topological polar surface area (TPSA) is 99.6 Å². The number of aliphatic carboxylic acids is 1. The van der Waals surface area contributed by atoms with Gasteiger partial charge < -0.3 is 29.3 Å². The summed E-state index contributed by atoms with van der Waals surface area (Å²) in [6, 6.07) is 9.03. The highest BCUT2D eigenvalue weighted by Gasteiger charge is 2.24. The van der Waals surface area contributed by atoms with E-state index in [-0.39, 0.29) is 12.5 Å². The number of rotatable bonds is 9. The van der Waals surface area contributed by atoms with Crippen LogP contribution in [0.15, 0.2) is 30.3 Å². The highest BCUT2D eigenvalue weighted by molar-refractivity contribution is 5.77. The van der Waals surface area contributed by atoms with Crippen molar-refractivity contribution in [3.05, 3.63) is 35.9 Å². The van der Waals surface area contributed by atoms with Gasteiger partial charge in [0, 0.05) is 46.7 Å². The lowest BCUT2D eigenvalue weighted by molar-refractivity contribution is -0.147. The lowest BCUT2D eigenvalue weighted by atomic mass is 10.1. The number of nitrogens with zero attached hydrogens (tertiary/aromatic N) is 3. The smallest absolute Gasteiger partial charge is 0.410 e. The van der Waals surface area contributed by atoms with Crippen molar-refractivity contribution in [2.75, 3.05) is 53.5 Å². The summed E-state index contributed by atoms with van der Waals surface area (Å²) in [7, 11) is 3.34. The van der Waals surface area contributed by atoms with Crippen LogP contribution < -0.4 is 0 Å². The van der Waals surface area contributed by atoms with E-state index in [1.807, 2.05) is 18.2 Å². The Balaban J connectivity index is 1.70. The van der Waals surface area contributed by atoms with E-state index in [0.717, 1.165) is 12.0 Å². The van der Waals surface area contributed by atoms with Crippen molar-refractivity contribution in [2.24, 2.45) is 0 Å². The standard InChI is InChI=1S/C21H31N3O6/c1-22(20(27)24-12-14-29-15-13-24)10-6-7-11-23(2)21(28)30-18(19(25)26)16-17-8-4-3-5-9-17/h3-5,8-9,18H,6-7,10-16H2,1-2H3,(H,25,26)/t18-/m0/s1. The molecule has 1 heterocycles. The maximum atomic E-state index is 12.3. The zero-order chi connectivity index (χ0) is 21.9. The number of carbonyl (C=O) groups excluding carboxylic acids is 2. The normalized spacial score (nSPS) is 14.7. The first-order valence-electron chi connectivity index (χ1n) is 10.1. The van der Waals surface area contributed by atoms with Crippen molar-refractivity contribution in [1.29, 1.82) is 0 Å². The fourth-order valence-corrected chi connectivity index (χ4v) is 3.10. The molecule has 166 valence electrons. The predicted molar refractivity (Wildman–Crippen MR) is 110 cm³/mol. The predicted octanol–water partition coefficient (Wildman–Crippen LogP) is 1.91. The van der Waals surface area contributed by atoms with Gasteiger partial charge in [0.2, 0.25) is 6.10 Å². The van der Waals surface area contributed by atoms with Gasteiger partial charge in [-0.2, -0.15) is 0 Å². The molecular formula is C21H31N3O6. The third-order valence-corrected chi connectivity index (χ3v) is 4.94. The lowest BCUT2D eigenvalue weighted by Gasteiger charge is -2.31. The summed E-state index contributed by atoms with van der Waals surface area (Å²) in [6.07, 6.45) is -0.403. The Morgan fingerprint density at radius 3 is 2.27 bits per heavy atom. The van der Waals surface area contributed by atoms with Gasteiger partial charge in [0.05, 0.1) is 13.2 Å². The molecule has 0 aliphatic carbocycles. The summed E-state index contributed by atoms with van der Waals surface area (Å²) in [5.41, 5.74) is 0.785. The number of urea groups is 1. The SMILES string of the molecule is CN(CCCCN(C)C(=O)N1CCOCC1)C(=O)O[C@@H](Cc1ccccc1)C(=O)O. The molecular weight excluding hydrogens is 390 g/mol. The van der Waals surface area contributed by atoms with Gasteiger partial charge in [0.25, 0.3) is 0 Å². The summed E-state index contributed by atoms with van der Waals surface area (Å²) in [6.45, 7) is 3.32. The van der Waals surface area contributed by atoms with Gasteiger partial charge in [-0.15, -0.1) is 0 Å². The number of carboxylic acid groups (broad SMARTS) is 1. The summed E-state index contributed by atoms with van der Waals surface area (Å²) in [4.78, 5) is 40.8. The van der Waals surface area contributed by atoms with Gasteiger partial charge in [0.1, 0.15) is 0 Å². The van der Waals surface area contributed by atoms with Crippen LogP contribution in [0.2, 0.25) is 0 Å². The number of unbranched alkanes of at least 4 members (excludes halogenated alkanes) is 1. The molecule has 1 fully saturated rings. The van der Waals surface area contributed by atoms with Crippen molar-refractivity contribution in [3.8, 4) is 0 Å². The van der Waals surface area contributed by atoms with E-state index in [2.05, 4.69) is 0 Å². The molecule has 1 N–H and O–H groups in total. The second-order valence-corrected chi connectivity index (χ2v) is 7.33. The van der Waals surface area contributed by atoms with E-state index >= 15 is 0 Å². The first-order valence-corrected chi connectivity index (χ1v) is 10.1. The van der Waals surface area contributed by atoms with Crippen molar-refractivity contribution in [3.63, 3.8) is 0 Å². The Hall–Kier alpha value is -2.81. The van der Waals surface area contributed by atoms with Gasteiger partial charge in [-0.3, -0.25) is 0 Å². The van der Waals surface area contributed by atoms with Crippen LogP contribution >= 0.6 is 0 Å². The van der Waals surface area contributed by atoms with Crippen LogP contribution in [0.4, 0.5) is 9.59 Å². The maximum Gasteiger partial charge on any atom is 0.410 e. The molecule has 9 heteroatoms. The van der Waals surface area contributed by atoms with Crippen LogP contribution in [-0.2, 0) is 20.7 Å². The molecule has 1 saturated heterocycles. The number of hydrogen-bond donors (Lipinski definition) is 1. The molecule has 0 saturated carbocycles. The lowest BCUT2D eigenvalue weighted by Crippen LogP contribution is -2.47. The van der Waals surface area contributed by atoms with Crippen molar-refractivity contribution in [1.82, 2.24) is 14.7 Å². The molecule has 0 radical (unpaired) electrons. The zero-order valence-electron chi connectivity index (χ0n) is 17.7. The van der Waals surface area contributed by atoms with E-state index in [4.69, 9.17) is 9.47 Å². The van der Waals surface area contributed by atoms with Crippen LogP contribution in [0.3, 0.4) is 0 Å². The van der Waals surface area contributed by atoms with Gasteiger partial charge >= 0.3 is 18.1 Å². The van der Waals surface area contributed by atoms with E-state index in [1.165, 1.54) is 4.90 Å². The zero-order valence-corrected chi connectivity index (χ0v) is 17.7. The largest absolute Gasteiger partial charge is 0.478 e. The number of hydrogen-bond acceptors (Lipinski definition) is 5. The highest BCUT2D eigenvalue weighted by Crippen LogP contribution is 2.09. The van der Waals surface area contributed by atoms with Crippen molar-refractivity contribution < 1.29 is 29.0 Å². The second-order valence-electron chi connectivity index (χ2n) is 7.33. The van der Waals surface area contributed by atoms with Crippen LogP contribution in [0.1, 0.15) is 18.4 Å². The number of carboxylic acids is 1. The quantitative estimate of drug-likeness (QED) is 0.612. The number of morpholine rings is 1. The Kier molecular flexibility index (Phi) is 9.40. The van der Waals surface area contributed by atoms with Crippen LogP contribution in [0, 0.1) is 0 Å². The molecule has 1 aliphatic rings. The van der Waals surface area contributed by atoms with Gasteiger partial charge in [-0.25, -0.2) is 14.4 Å².